The van der Waals surface area contributed by atoms with Crippen molar-refractivity contribution >= 4 is 21.6 Å². The molecule has 2 atom stereocenters. The molecule has 0 radical (unpaired) electrons. The van der Waals surface area contributed by atoms with Crippen molar-refractivity contribution in [3.8, 4) is 5.75 Å². The van der Waals surface area contributed by atoms with E-state index in [9.17, 15) is 13.2 Å². The number of ether oxygens (including phenoxy) is 2. The second kappa shape index (κ2) is 11.8. The number of sulfone groups is 1. The predicted molar refractivity (Wildman–Crippen MR) is 152 cm³/mol. The van der Waals surface area contributed by atoms with Crippen molar-refractivity contribution in [1.82, 2.24) is 5.32 Å². The maximum atomic E-state index is 14.0. The molecule has 2 N–H and O–H groups in total. The molecule has 1 heterocycles. The first-order valence-corrected chi connectivity index (χ1v) is 15.2. The molecule has 0 saturated carbocycles. The third kappa shape index (κ3) is 5.90. The molecule has 5 rings (SSSR count). The Hall–Kier alpha value is -3.69. The fraction of sp³-hybridized carbons (Fsp3) is 0.355. The van der Waals surface area contributed by atoms with Crippen molar-refractivity contribution in [3.63, 3.8) is 0 Å². The van der Waals surface area contributed by atoms with Crippen molar-refractivity contribution in [1.29, 1.82) is 0 Å². The van der Waals surface area contributed by atoms with Crippen molar-refractivity contribution in [2.24, 2.45) is 4.99 Å². The average Bonchev–Trinajstić information content (AvgIpc) is 3.53. The lowest BCUT2D eigenvalue weighted by atomic mass is 9.89. The summed E-state index contributed by atoms with van der Waals surface area (Å²) < 4.78 is 38.2. The highest BCUT2D eigenvalue weighted by molar-refractivity contribution is 7.91. The third-order valence-corrected chi connectivity index (χ3v) is 9.30. The number of nitrogens with zero attached hydrogens (tertiary/aromatic N) is 1. The fourth-order valence-electron chi connectivity index (χ4n) is 5.26. The van der Waals surface area contributed by atoms with Gasteiger partial charge in [-0.25, -0.2) is 13.4 Å². The van der Waals surface area contributed by atoms with Crippen LogP contribution in [0.5, 0.6) is 5.75 Å². The minimum atomic E-state index is -3.65. The van der Waals surface area contributed by atoms with E-state index in [2.05, 4.69) is 17.4 Å². The van der Waals surface area contributed by atoms with Gasteiger partial charge in [0, 0.05) is 24.6 Å². The maximum absolute atomic E-state index is 14.0. The number of nitrogens with one attached hydrogen (secondary N) is 1. The van der Waals surface area contributed by atoms with Gasteiger partial charge in [0.1, 0.15) is 11.9 Å². The molecule has 0 bridgehead atoms. The van der Waals surface area contributed by atoms with Gasteiger partial charge in [-0.1, -0.05) is 42.5 Å². The van der Waals surface area contributed by atoms with Gasteiger partial charge in [-0.2, -0.15) is 0 Å². The Labute approximate surface area is 235 Å². The van der Waals surface area contributed by atoms with Crippen LogP contribution in [0, 0.1) is 0 Å². The van der Waals surface area contributed by atoms with E-state index in [4.69, 9.17) is 19.6 Å². The summed E-state index contributed by atoms with van der Waals surface area (Å²) >= 11 is 0. The van der Waals surface area contributed by atoms with Crippen molar-refractivity contribution in [2.75, 3.05) is 19.0 Å². The number of amides is 1. The molecule has 210 valence electrons. The van der Waals surface area contributed by atoms with Crippen LogP contribution in [0.25, 0.3) is 0 Å². The van der Waals surface area contributed by atoms with Crippen molar-refractivity contribution in [3.05, 3.63) is 95.6 Å². The highest BCUT2D eigenvalue weighted by Gasteiger charge is 2.51. The fourth-order valence-corrected chi connectivity index (χ4v) is 6.65. The molecule has 3 aromatic carbocycles. The maximum Gasteiger partial charge on any atom is 0.252 e. The van der Waals surface area contributed by atoms with Crippen molar-refractivity contribution < 1.29 is 27.8 Å². The molecular weight excluding hydrogens is 528 g/mol. The van der Waals surface area contributed by atoms with Crippen LogP contribution in [0.1, 0.15) is 36.5 Å². The number of hydrogen-bond donors (Lipinski definition) is 2. The number of aliphatic hydroxyl groups excluding tert-OH is 1. The second-order valence-electron chi connectivity index (χ2n) is 10.3. The van der Waals surface area contributed by atoms with E-state index in [1.54, 1.807) is 61.5 Å². The van der Waals surface area contributed by atoms with Gasteiger partial charge < -0.3 is 19.9 Å². The average molecular weight is 563 g/mol. The van der Waals surface area contributed by atoms with Crippen LogP contribution < -0.4 is 10.1 Å². The molecular formula is C31H34N2O6S. The van der Waals surface area contributed by atoms with Gasteiger partial charge >= 0.3 is 0 Å². The molecule has 3 aromatic rings. The summed E-state index contributed by atoms with van der Waals surface area (Å²) in [6.45, 7) is 2.22. The topological polar surface area (TPSA) is 114 Å². The zero-order chi connectivity index (χ0) is 28.2. The number of aliphatic imine (C=N–C) groups is 1. The van der Waals surface area contributed by atoms with Gasteiger partial charge in [0.25, 0.3) is 5.91 Å². The molecule has 0 aromatic heterocycles. The molecule has 0 saturated heterocycles. The first-order chi connectivity index (χ1) is 19.3. The Kier molecular flexibility index (Phi) is 8.23. The Morgan fingerprint density at radius 2 is 1.68 bits per heavy atom. The number of hydrogen-bond acceptors (Lipinski definition) is 7. The lowest BCUT2D eigenvalue weighted by molar-refractivity contribution is -0.129. The van der Waals surface area contributed by atoms with Gasteiger partial charge in [0.2, 0.25) is 5.90 Å². The molecule has 1 aliphatic carbocycles. The molecule has 8 nitrogen and oxygen atoms in total. The van der Waals surface area contributed by atoms with Gasteiger partial charge in [0.05, 0.1) is 17.3 Å². The summed E-state index contributed by atoms with van der Waals surface area (Å²) in [5.41, 5.74) is 1.65. The minimum absolute atomic E-state index is 0.0250. The van der Waals surface area contributed by atoms with Crippen LogP contribution in [-0.2, 0) is 32.2 Å². The molecule has 1 amide bonds. The number of carbonyl (C=O) groups is 1. The minimum Gasteiger partial charge on any atom is -0.494 e. The zero-order valence-corrected chi connectivity index (χ0v) is 23.3. The number of rotatable bonds is 11. The van der Waals surface area contributed by atoms with Crippen LogP contribution in [0.3, 0.4) is 0 Å². The molecule has 0 fully saturated rings. The monoisotopic (exact) mass is 562 g/mol. The third-order valence-electron chi connectivity index (χ3n) is 7.57. The lowest BCUT2D eigenvalue weighted by Crippen LogP contribution is -2.54. The molecule has 1 aliphatic heterocycles. The predicted octanol–water partition coefficient (Wildman–Crippen LogP) is 3.50. The molecule has 9 heteroatoms. The smallest absolute Gasteiger partial charge is 0.252 e. The van der Waals surface area contributed by atoms with Crippen LogP contribution >= 0.6 is 0 Å². The lowest BCUT2D eigenvalue weighted by Gasteiger charge is -2.29. The number of fused-ring (bicyclic) bond motifs is 1. The zero-order valence-electron chi connectivity index (χ0n) is 22.5. The largest absolute Gasteiger partial charge is 0.494 e. The van der Waals surface area contributed by atoms with Gasteiger partial charge in [-0.3, -0.25) is 4.79 Å². The van der Waals surface area contributed by atoms with E-state index in [1.807, 2.05) is 12.1 Å². The normalized spacial score (nSPS) is 20.4. The highest BCUT2D eigenvalue weighted by Crippen LogP contribution is 2.34. The van der Waals surface area contributed by atoms with E-state index >= 15 is 0 Å². The van der Waals surface area contributed by atoms with Crippen LogP contribution in [0.2, 0.25) is 0 Å². The van der Waals surface area contributed by atoms with Crippen LogP contribution in [0.15, 0.2) is 88.8 Å². The second-order valence-corrected chi connectivity index (χ2v) is 12.4. The Morgan fingerprint density at radius 1 is 1.02 bits per heavy atom. The number of aliphatic hydroxyl groups is 1. The van der Waals surface area contributed by atoms with Gasteiger partial charge in [-0.15, -0.1) is 0 Å². The van der Waals surface area contributed by atoms with Crippen LogP contribution in [0.4, 0.5) is 0 Å². The van der Waals surface area contributed by atoms with Crippen LogP contribution in [-0.4, -0.2) is 62.0 Å². The van der Waals surface area contributed by atoms with E-state index in [0.29, 0.717) is 37.2 Å². The highest BCUT2D eigenvalue weighted by atomic mass is 32.2. The molecule has 40 heavy (non-hydrogen) atoms. The summed E-state index contributed by atoms with van der Waals surface area (Å²) in [5.74, 6) is 0.344. The first kappa shape index (κ1) is 27.9. The Bertz CT molecular complexity index is 1450. The molecule has 0 unspecified atom stereocenters. The van der Waals surface area contributed by atoms with E-state index in [1.165, 1.54) is 11.1 Å². The summed E-state index contributed by atoms with van der Waals surface area (Å²) in [5, 5.41) is 12.1. The van der Waals surface area contributed by atoms with E-state index in [0.717, 1.165) is 0 Å². The van der Waals surface area contributed by atoms with Crippen molar-refractivity contribution in [2.45, 2.75) is 55.2 Å². The van der Waals surface area contributed by atoms with Gasteiger partial charge in [-0.05, 0) is 73.7 Å². The number of benzene rings is 3. The first-order valence-electron chi connectivity index (χ1n) is 13.6. The summed E-state index contributed by atoms with van der Waals surface area (Å²) in [4.78, 5) is 19.0. The standard InChI is InChI=1S/C31H34N2O6S/c1-22-31(16-19-40(36,37)28-10-3-2-4-11-28,30(35)32-26-20-24-8-5-6-9-25(24)21-26)33-29(39-22)23-12-14-27(15-13-23)38-18-7-17-34/h2-6,8-15,22,26,34H,7,16-21H2,1H3,(H,32,35)/t22-,31-/m1/s1. The molecule has 0 spiro atoms. The summed E-state index contributed by atoms with van der Waals surface area (Å²) in [7, 11) is -3.65. The van der Waals surface area contributed by atoms with Gasteiger partial charge in [0.15, 0.2) is 15.4 Å². The Balaban J connectivity index is 1.40. The summed E-state index contributed by atoms with van der Waals surface area (Å²) in [6.07, 6.45) is 1.25. The number of carbonyl (C=O) groups excluding carboxylic acids is 1. The van der Waals surface area contributed by atoms with E-state index < -0.39 is 21.5 Å². The Morgan fingerprint density at radius 3 is 2.33 bits per heavy atom. The van der Waals surface area contributed by atoms with E-state index in [-0.39, 0.29) is 41.5 Å². The SMILES string of the molecule is C[C@H]1OC(c2ccc(OCCCO)cc2)=N[C@@]1(CCS(=O)(=O)c1ccccc1)C(=O)NC1Cc2ccccc2C1. The summed E-state index contributed by atoms with van der Waals surface area (Å²) in [6, 6.07) is 23.4. The quantitative estimate of drug-likeness (QED) is 0.346. The molecule has 2 aliphatic rings.